The predicted octanol–water partition coefficient (Wildman–Crippen LogP) is 2.52. The number of hydrogen-bond acceptors (Lipinski definition) is 6. The molecule has 0 aliphatic carbocycles. The van der Waals surface area contributed by atoms with Gasteiger partial charge in [-0.15, -0.1) is 0 Å². The quantitative estimate of drug-likeness (QED) is 0.660. The van der Waals surface area contributed by atoms with Crippen molar-refractivity contribution in [2.75, 3.05) is 51.4 Å². The van der Waals surface area contributed by atoms with Gasteiger partial charge in [0, 0.05) is 44.7 Å². The van der Waals surface area contributed by atoms with E-state index in [1.807, 2.05) is 45.0 Å². The number of carbonyl (C=O) groups is 2. The van der Waals surface area contributed by atoms with Crippen LogP contribution < -0.4 is 20.3 Å². The van der Waals surface area contributed by atoms with Crippen LogP contribution in [-0.4, -0.2) is 74.9 Å². The molecule has 0 bridgehead atoms. The molecule has 1 atom stereocenters. The van der Waals surface area contributed by atoms with Crippen molar-refractivity contribution >= 4 is 17.6 Å². The second-order valence-electron chi connectivity index (χ2n) is 10.2. The maximum Gasteiger partial charge on any atom is 0.318 e. The topological polar surface area (TPSA) is 107 Å². The summed E-state index contributed by atoms with van der Waals surface area (Å²) in [7, 11) is 1.64. The molecule has 3 rings (SSSR count). The molecule has 0 spiro atoms. The number of anilines is 1. The number of morpholine rings is 1. The average Bonchev–Trinajstić information content (AvgIpc) is 2.84. The Bertz CT molecular complexity index is 876. The van der Waals surface area contributed by atoms with E-state index in [0.29, 0.717) is 58.7 Å². The molecule has 2 N–H and O–H groups in total. The highest BCUT2D eigenvalue weighted by Crippen LogP contribution is 2.28. The molecular weight excluding hydrogens is 434 g/mol. The van der Waals surface area contributed by atoms with Gasteiger partial charge in [0.2, 0.25) is 5.91 Å². The van der Waals surface area contributed by atoms with E-state index < -0.39 is 11.6 Å². The molecule has 9 heteroatoms. The first-order valence-electron chi connectivity index (χ1n) is 11.9. The van der Waals surface area contributed by atoms with E-state index in [1.54, 1.807) is 12.0 Å². The van der Waals surface area contributed by atoms with Crippen LogP contribution in [-0.2, 0) is 9.53 Å². The smallest absolute Gasteiger partial charge is 0.318 e. The second kappa shape index (κ2) is 11.0. The Balaban J connectivity index is 1.65. The number of amides is 3. The van der Waals surface area contributed by atoms with Crippen LogP contribution in [0.5, 0.6) is 5.75 Å². The molecule has 2 aliphatic heterocycles. The number of piperidine rings is 1. The molecule has 1 aromatic carbocycles. The zero-order chi connectivity index (χ0) is 24.8. The van der Waals surface area contributed by atoms with E-state index in [2.05, 4.69) is 21.6 Å². The summed E-state index contributed by atoms with van der Waals surface area (Å²) < 4.78 is 10.5. The van der Waals surface area contributed by atoms with E-state index in [9.17, 15) is 14.9 Å². The Morgan fingerprint density at radius 1 is 1.15 bits per heavy atom. The number of nitrogens with zero attached hydrogens (tertiary/aromatic N) is 3. The van der Waals surface area contributed by atoms with Gasteiger partial charge in [0.1, 0.15) is 17.3 Å². The molecule has 1 aromatic rings. The molecule has 2 fully saturated rings. The van der Waals surface area contributed by atoms with Crippen molar-refractivity contribution in [2.24, 2.45) is 5.41 Å². The van der Waals surface area contributed by atoms with Gasteiger partial charge in [0.15, 0.2) is 0 Å². The zero-order valence-electron chi connectivity index (χ0n) is 20.7. The highest BCUT2D eigenvalue weighted by atomic mass is 16.5. The van der Waals surface area contributed by atoms with Crippen molar-refractivity contribution in [2.45, 2.75) is 51.6 Å². The van der Waals surface area contributed by atoms with E-state index >= 15 is 0 Å². The van der Waals surface area contributed by atoms with Crippen molar-refractivity contribution in [3.8, 4) is 11.8 Å². The minimum absolute atomic E-state index is 0.183. The average molecular weight is 472 g/mol. The fourth-order valence-electron chi connectivity index (χ4n) is 4.36. The van der Waals surface area contributed by atoms with Gasteiger partial charge >= 0.3 is 6.03 Å². The SMILES string of the molecule is COc1ccc(N2CCC(C#N)(NC(=O)C(CC(C)(C)C)NC(=O)N3CCOCC3)CC2)cc1. The Morgan fingerprint density at radius 2 is 1.76 bits per heavy atom. The Morgan fingerprint density at radius 3 is 2.29 bits per heavy atom. The van der Waals surface area contributed by atoms with E-state index in [-0.39, 0.29) is 17.4 Å². The third-order valence-corrected chi connectivity index (χ3v) is 6.36. The number of hydrogen-bond donors (Lipinski definition) is 2. The van der Waals surface area contributed by atoms with E-state index in [0.717, 1.165) is 11.4 Å². The monoisotopic (exact) mass is 471 g/mol. The second-order valence-corrected chi connectivity index (χ2v) is 10.2. The van der Waals surface area contributed by atoms with Crippen LogP contribution in [0.15, 0.2) is 24.3 Å². The molecular formula is C25H37N5O4. The van der Waals surface area contributed by atoms with Crippen LogP contribution in [0.4, 0.5) is 10.5 Å². The van der Waals surface area contributed by atoms with Gasteiger partial charge in [-0.2, -0.15) is 5.26 Å². The van der Waals surface area contributed by atoms with Crippen molar-refractivity contribution in [1.29, 1.82) is 5.26 Å². The van der Waals surface area contributed by atoms with Gasteiger partial charge < -0.3 is 29.9 Å². The number of carbonyl (C=O) groups excluding carboxylic acids is 2. The Labute approximate surface area is 202 Å². The first kappa shape index (κ1) is 25.6. The molecule has 2 heterocycles. The van der Waals surface area contributed by atoms with Gasteiger partial charge in [0.05, 0.1) is 26.4 Å². The molecule has 2 aliphatic rings. The van der Waals surface area contributed by atoms with Gasteiger partial charge in [-0.3, -0.25) is 4.79 Å². The highest BCUT2D eigenvalue weighted by molar-refractivity contribution is 5.88. The first-order valence-corrected chi connectivity index (χ1v) is 11.9. The summed E-state index contributed by atoms with van der Waals surface area (Å²) in [5.74, 6) is 0.486. The molecule has 1 unspecified atom stereocenters. The highest BCUT2D eigenvalue weighted by Gasteiger charge is 2.39. The molecule has 0 saturated carbocycles. The van der Waals surface area contributed by atoms with Gasteiger partial charge in [-0.25, -0.2) is 4.79 Å². The summed E-state index contributed by atoms with van der Waals surface area (Å²) in [5, 5.41) is 15.9. The molecule has 0 radical (unpaired) electrons. The summed E-state index contributed by atoms with van der Waals surface area (Å²) in [4.78, 5) is 30.0. The fraction of sp³-hybridized carbons (Fsp3) is 0.640. The molecule has 34 heavy (non-hydrogen) atoms. The predicted molar refractivity (Wildman–Crippen MR) is 130 cm³/mol. The first-order chi connectivity index (χ1) is 16.1. The number of urea groups is 1. The van der Waals surface area contributed by atoms with Crippen molar-refractivity contribution in [3.63, 3.8) is 0 Å². The molecule has 0 aromatic heterocycles. The lowest BCUT2D eigenvalue weighted by Gasteiger charge is -2.40. The van der Waals surface area contributed by atoms with Crippen LogP contribution in [0.3, 0.4) is 0 Å². The van der Waals surface area contributed by atoms with E-state index in [4.69, 9.17) is 9.47 Å². The number of ether oxygens (including phenoxy) is 2. The summed E-state index contributed by atoms with van der Waals surface area (Å²) in [6, 6.07) is 9.19. The van der Waals surface area contributed by atoms with E-state index in [1.165, 1.54) is 0 Å². The van der Waals surface area contributed by atoms with Crippen LogP contribution in [0.2, 0.25) is 0 Å². The lowest BCUT2D eigenvalue weighted by atomic mass is 9.85. The van der Waals surface area contributed by atoms with Crippen molar-refractivity contribution in [1.82, 2.24) is 15.5 Å². The number of methoxy groups -OCH3 is 1. The lowest BCUT2D eigenvalue weighted by Crippen LogP contribution is -2.60. The van der Waals surface area contributed by atoms with Gasteiger partial charge in [-0.05, 0) is 36.1 Å². The lowest BCUT2D eigenvalue weighted by molar-refractivity contribution is -0.125. The summed E-state index contributed by atoms with van der Waals surface area (Å²) in [5.41, 5.74) is -0.0837. The van der Waals surface area contributed by atoms with Crippen molar-refractivity contribution in [3.05, 3.63) is 24.3 Å². The minimum atomic E-state index is -0.958. The number of benzene rings is 1. The number of rotatable bonds is 6. The summed E-state index contributed by atoms with van der Waals surface area (Å²) >= 11 is 0. The minimum Gasteiger partial charge on any atom is -0.497 e. The normalized spacial score (nSPS) is 19.0. The summed E-state index contributed by atoms with van der Waals surface area (Å²) in [6.07, 6.45) is 1.47. The van der Waals surface area contributed by atoms with Crippen LogP contribution in [0.1, 0.15) is 40.0 Å². The molecule has 2 saturated heterocycles. The Kier molecular flexibility index (Phi) is 8.26. The van der Waals surface area contributed by atoms with Crippen LogP contribution in [0, 0.1) is 16.7 Å². The fourth-order valence-corrected chi connectivity index (χ4v) is 4.36. The summed E-state index contributed by atoms with van der Waals surface area (Å²) in [6.45, 7) is 9.36. The third kappa shape index (κ3) is 6.76. The molecule has 3 amide bonds. The van der Waals surface area contributed by atoms with Gasteiger partial charge in [-0.1, -0.05) is 20.8 Å². The van der Waals surface area contributed by atoms with Crippen LogP contribution in [0.25, 0.3) is 0 Å². The Hall–Kier alpha value is -2.99. The van der Waals surface area contributed by atoms with Crippen LogP contribution >= 0.6 is 0 Å². The number of nitrogens with one attached hydrogen (secondary N) is 2. The third-order valence-electron chi connectivity index (χ3n) is 6.36. The zero-order valence-corrected chi connectivity index (χ0v) is 20.7. The van der Waals surface area contributed by atoms with Crippen molar-refractivity contribution < 1.29 is 19.1 Å². The largest absolute Gasteiger partial charge is 0.497 e. The van der Waals surface area contributed by atoms with Gasteiger partial charge in [0.25, 0.3) is 0 Å². The molecule has 9 nitrogen and oxygen atoms in total. The maximum absolute atomic E-state index is 13.3. The molecule has 186 valence electrons. The standard InChI is InChI=1S/C25H37N5O4/c1-24(2,3)17-21(27-23(32)30-13-15-34-16-14-30)22(31)28-25(18-26)9-11-29(12-10-25)19-5-7-20(33-4)8-6-19/h5-8,21H,9-17H2,1-4H3,(H,27,32)(H,28,31). The number of nitriles is 1. The maximum atomic E-state index is 13.3.